The van der Waals surface area contributed by atoms with E-state index in [2.05, 4.69) is 0 Å². The molecule has 0 N–H and O–H groups in total. The van der Waals surface area contributed by atoms with Crippen LogP contribution in [0.1, 0.15) is 54.4 Å². The van der Waals surface area contributed by atoms with Crippen molar-refractivity contribution in [3.8, 4) is 6.07 Å². The number of hydroxylamine groups is 2. The van der Waals surface area contributed by atoms with E-state index in [9.17, 15) is 29.2 Å². The van der Waals surface area contributed by atoms with Crippen LogP contribution in [0.25, 0.3) is 0 Å². The highest BCUT2D eigenvalue weighted by Crippen LogP contribution is 2.40. The fourth-order valence-corrected chi connectivity index (χ4v) is 4.50. The lowest BCUT2D eigenvalue weighted by Gasteiger charge is -2.44. The zero-order chi connectivity index (χ0) is 29.3. The van der Waals surface area contributed by atoms with Gasteiger partial charge in [-0.2, -0.15) is 5.26 Å². The molecule has 0 aromatic heterocycles. The van der Waals surface area contributed by atoms with Gasteiger partial charge >= 0.3 is 29.8 Å². The van der Waals surface area contributed by atoms with Crippen molar-refractivity contribution in [3.63, 3.8) is 0 Å². The van der Waals surface area contributed by atoms with Gasteiger partial charge in [0.2, 0.25) is 0 Å². The van der Waals surface area contributed by atoms with E-state index in [1.165, 1.54) is 0 Å². The van der Waals surface area contributed by atoms with Crippen molar-refractivity contribution in [2.45, 2.75) is 97.2 Å². The van der Waals surface area contributed by atoms with Crippen LogP contribution >= 0.6 is 0 Å². The molecule has 15 heteroatoms. The van der Waals surface area contributed by atoms with Crippen molar-refractivity contribution in [1.29, 1.82) is 5.26 Å². The Morgan fingerprint density at radius 1 is 0.846 bits per heavy atom. The summed E-state index contributed by atoms with van der Waals surface area (Å²) in [5.74, 6) is -4.78. The molecule has 2 fully saturated rings. The smallest absolute Gasteiger partial charge is 0.303 e. The van der Waals surface area contributed by atoms with Crippen molar-refractivity contribution in [2.75, 3.05) is 13.2 Å². The zero-order valence-corrected chi connectivity index (χ0v) is 22.6. The molecular formula is C24H34N2O13. The van der Waals surface area contributed by atoms with E-state index >= 15 is 0 Å². The van der Waals surface area contributed by atoms with Gasteiger partial charge in [-0.3, -0.25) is 28.8 Å². The minimum atomic E-state index is -1.59. The molecular weight excluding hydrogens is 524 g/mol. The second-order valence-corrected chi connectivity index (χ2v) is 8.87. The number of carbonyl (C=O) groups is 5. The van der Waals surface area contributed by atoms with Crippen LogP contribution in [-0.4, -0.2) is 91.1 Å². The Hall–Kier alpha value is -3.32. The van der Waals surface area contributed by atoms with Crippen LogP contribution < -0.4 is 0 Å². The Labute approximate surface area is 225 Å². The Balaban J connectivity index is 2.63. The van der Waals surface area contributed by atoms with E-state index in [0.717, 1.165) is 39.8 Å². The lowest BCUT2D eigenvalue weighted by molar-refractivity contribution is -0.443. The van der Waals surface area contributed by atoms with Gasteiger partial charge in [0.25, 0.3) is 0 Å². The number of rotatable bonds is 12. The highest BCUT2D eigenvalue weighted by molar-refractivity contribution is 5.69. The van der Waals surface area contributed by atoms with E-state index < -0.39 is 85.2 Å². The number of carbonyl (C=O) groups excluding carboxylic acids is 5. The summed E-state index contributed by atoms with van der Waals surface area (Å²) in [5, 5.41) is 10.5. The summed E-state index contributed by atoms with van der Waals surface area (Å²) in [6, 6.07) is 1.30. The number of nitriles is 1. The Bertz CT molecular complexity index is 951. The first-order valence-electron chi connectivity index (χ1n) is 12.3. The Kier molecular flexibility index (Phi) is 12.0. The quantitative estimate of drug-likeness (QED) is 0.238. The number of hydrogen-bond donors (Lipinski definition) is 0. The lowest BCUT2D eigenvalue weighted by Crippen LogP contribution is -2.59. The summed E-state index contributed by atoms with van der Waals surface area (Å²) in [6.07, 6.45) is -7.55. The van der Waals surface area contributed by atoms with Gasteiger partial charge in [0, 0.05) is 60.0 Å². The number of esters is 5. The van der Waals surface area contributed by atoms with Crippen molar-refractivity contribution in [2.24, 2.45) is 5.92 Å². The summed E-state index contributed by atoms with van der Waals surface area (Å²) >= 11 is 0. The highest BCUT2D eigenvalue weighted by Gasteiger charge is 2.55. The molecule has 2 saturated heterocycles. The Morgan fingerprint density at radius 2 is 1.44 bits per heavy atom. The average Bonchev–Trinajstić information content (AvgIpc) is 3.25. The molecule has 2 aliphatic heterocycles. The largest absolute Gasteiger partial charge is 0.462 e. The second kappa shape index (κ2) is 14.7. The predicted molar refractivity (Wildman–Crippen MR) is 124 cm³/mol. The second-order valence-electron chi connectivity index (χ2n) is 8.87. The van der Waals surface area contributed by atoms with Crippen molar-refractivity contribution in [1.82, 2.24) is 5.23 Å². The summed E-state index contributed by atoms with van der Waals surface area (Å²) in [5.41, 5.74) is 0. The first kappa shape index (κ1) is 31.9. The molecule has 2 aliphatic rings. The molecule has 0 aromatic rings. The molecule has 8 atom stereocenters. The molecule has 0 aliphatic carbocycles. The summed E-state index contributed by atoms with van der Waals surface area (Å²) < 4.78 is 32.6. The van der Waals surface area contributed by atoms with Gasteiger partial charge in [-0.15, -0.1) is 0 Å². The van der Waals surface area contributed by atoms with Crippen molar-refractivity contribution >= 4 is 29.8 Å². The zero-order valence-electron chi connectivity index (χ0n) is 22.6. The van der Waals surface area contributed by atoms with E-state index in [-0.39, 0.29) is 19.4 Å². The number of ether oxygens (including phenoxy) is 6. The van der Waals surface area contributed by atoms with E-state index in [1.54, 1.807) is 6.92 Å². The van der Waals surface area contributed by atoms with Gasteiger partial charge in [-0.1, -0.05) is 5.23 Å². The molecule has 218 valence electrons. The third-order valence-electron chi connectivity index (χ3n) is 5.74. The Morgan fingerprint density at radius 3 is 1.95 bits per heavy atom. The minimum absolute atomic E-state index is 0.0845. The van der Waals surface area contributed by atoms with Crippen LogP contribution in [-0.2, 0) is 62.1 Å². The third-order valence-corrected chi connectivity index (χ3v) is 5.74. The molecule has 0 radical (unpaired) electrons. The third kappa shape index (κ3) is 9.43. The molecule has 39 heavy (non-hydrogen) atoms. The number of nitrogens with zero attached hydrogens (tertiary/aromatic N) is 2. The van der Waals surface area contributed by atoms with Crippen LogP contribution in [0.5, 0.6) is 0 Å². The maximum Gasteiger partial charge on any atom is 0.303 e. The molecule has 0 bridgehead atoms. The van der Waals surface area contributed by atoms with Gasteiger partial charge < -0.3 is 28.4 Å². The van der Waals surface area contributed by atoms with E-state index in [1.807, 2.05) is 6.07 Å². The molecule has 2 heterocycles. The van der Waals surface area contributed by atoms with Gasteiger partial charge in [-0.25, -0.2) is 4.84 Å². The van der Waals surface area contributed by atoms with Crippen molar-refractivity contribution in [3.05, 3.63) is 0 Å². The van der Waals surface area contributed by atoms with Gasteiger partial charge in [0.1, 0.15) is 12.7 Å². The lowest BCUT2D eigenvalue weighted by atomic mass is 9.82. The van der Waals surface area contributed by atoms with Gasteiger partial charge in [0.05, 0.1) is 12.1 Å². The van der Waals surface area contributed by atoms with Crippen LogP contribution in [0, 0.1) is 17.2 Å². The molecule has 0 spiro atoms. The monoisotopic (exact) mass is 558 g/mol. The molecule has 2 rings (SSSR count). The number of fused-ring (bicyclic) bond motifs is 1. The fourth-order valence-electron chi connectivity index (χ4n) is 4.50. The summed E-state index contributed by atoms with van der Waals surface area (Å²) in [7, 11) is 0. The molecule has 15 nitrogen and oxygen atoms in total. The first-order chi connectivity index (χ1) is 18.4. The normalized spacial score (nSPS) is 25.6. The van der Waals surface area contributed by atoms with E-state index in [0.29, 0.717) is 0 Å². The average molecular weight is 559 g/mol. The van der Waals surface area contributed by atoms with Crippen LogP contribution in [0.2, 0.25) is 0 Å². The van der Waals surface area contributed by atoms with E-state index in [4.69, 9.17) is 38.1 Å². The van der Waals surface area contributed by atoms with Gasteiger partial charge in [-0.05, 0) is 6.92 Å². The predicted octanol–water partition coefficient (Wildman–Crippen LogP) is 0.488. The molecule has 0 aromatic carbocycles. The maximum absolute atomic E-state index is 12.3. The highest BCUT2D eigenvalue weighted by atomic mass is 17.0. The minimum Gasteiger partial charge on any atom is -0.462 e. The topological polar surface area (TPSA) is 186 Å². The van der Waals surface area contributed by atoms with Crippen LogP contribution in [0.4, 0.5) is 0 Å². The molecule has 0 saturated carbocycles. The van der Waals surface area contributed by atoms with Crippen LogP contribution in [0.3, 0.4) is 0 Å². The maximum atomic E-state index is 12.3. The molecule has 0 unspecified atom stereocenters. The fraction of sp³-hybridized carbons (Fsp3) is 0.750. The van der Waals surface area contributed by atoms with Gasteiger partial charge in [0.15, 0.2) is 30.7 Å². The SMILES string of the molecule is CCO[C@@H]1C[C@H]([C@H](OC(C)=O)[C@@H](OC(C)=O)[C@@H](OC(C)=O)[C@@H](COC(C)=O)OC(C)=O)[C@H]2C[C@H](C#N)ON2O1. The summed E-state index contributed by atoms with van der Waals surface area (Å²) in [6.45, 7) is 6.88. The van der Waals surface area contributed by atoms with Crippen LogP contribution in [0.15, 0.2) is 0 Å². The first-order valence-corrected chi connectivity index (χ1v) is 12.3. The summed E-state index contributed by atoms with van der Waals surface area (Å²) in [4.78, 5) is 71.5. The van der Waals surface area contributed by atoms with Crippen molar-refractivity contribution < 1.29 is 62.1 Å². The standard InChI is InChI=1S/C24H34N2O13/c1-7-32-21-9-18(19-8-17(10-25)38-26(19)39-21)22(35-14(4)29)24(37-16(6)31)23(36-15(5)30)20(34-13(3)28)11-33-12(2)27/h17-24H,7-9,11H2,1-6H3/t17-,18+,19-,20-,21+,22+,23+,24-/m1/s1. The number of hydrogen-bond acceptors (Lipinski definition) is 15. The molecule has 0 amide bonds.